The molecule has 0 spiro atoms. The lowest BCUT2D eigenvalue weighted by Gasteiger charge is -2.34. The van der Waals surface area contributed by atoms with Crippen molar-refractivity contribution in [1.82, 2.24) is 10.3 Å². The average Bonchev–Trinajstić information content (AvgIpc) is 2.74. The molecular weight excluding hydrogens is 380 g/mol. The number of anilines is 2. The summed E-state index contributed by atoms with van der Waals surface area (Å²) in [5.41, 5.74) is 0.624. The van der Waals surface area contributed by atoms with Gasteiger partial charge in [0.1, 0.15) is 11.6 Å². The Kier molecular flexibility index (Phi) is 7.94. The summed E-state index contributed by atoms with van der Waals surface area (Å²) in [5, 5.41) is 12.4. The quantitative estimate of drug-likeness (QED) is 0.672. The van der Waals surface area contributed by atoms with Crippen LogP contribution in [-0.2, 0) is 4.79 Å². The van der Waals surface area contributed by atoms with Crippen molar-refractivity contribution in [2.75, 3.05) is 36.5 Å². The number of hydrogen-bond donors (Lipinski definition) is 2. The molecule has 0 aromatic carbocycles. The molecule has 1 aliphatic carbocycles. The maximum absolute atomic E-state index is 13.0. The Morgan fingerprint density at radius 1 is 1.20 bits per heavy atom. The second kappa shape index (κ2) is 10.6. The van der Waals surface area contributed by atoms with Crippen LogP contribution in [0.15, 0.2) is 12.1 Å². The molecule has 1 saturated carbocycles. The summed E-state index contributed by atoms with van der Waals surface area (Å²) >= 11 is 0. The number of rotatable bonds is 8. The van der Waals surface area contributed by atoms with E-state index in [1.165, 1.54) is 19.3 Å². The molecule has 2 aliphatic rings. The van der Waals surface area contributed by atoms with Crippen LogP contribution in [0.5, 0.6) is 0 Å². The molecule has 1 unspecified atom stereocenters. The number of aromatic nitrogens is 1. The molecule has 3 rings (SSSR count). The molecule has 1 saturated heterocycles. The summed E-state index contributed by atoms with van der Waals surface area (Å²) in [7, 11) is 1.98. The van der Waals surface area contributed by atoms with Crippen LogP contribution in [0.2, 0.25) is 0 Å². The van der Waals surface area contributed by atoms with Crippen LogP contribution in [0.1, 0.15) is 75.1 Å². The third kappa shape index (κ3) is 5.86. The number of carboxylic acids is 1. The molecule has 166 valence electrons. The molecule has 30 heavy (non-hydrogen) atoms. The van der Waals surface area contributed by atoms with Crippen molar-refractivity contribution in [3.63, 3.8) is 0 Å². The first kappa shape index (κ1) is 22.4. The molecule has 2 fully saturated rings. The van der Waals surface area contributed by atoms with Gasteiger partial charge in [0, 0.05) is 39.1 Å². The fourth-order valence-corrected chi connectivity index (χ4v) is 4.72. The Balaban J connectivity index is 1.79. The summed E-state index contributed by atoms with van der Waals surface area (Å²) in [5.74, 6) is 0.902. The summed E-state index contributed by atoms with van der Waals surface area (Å²) < 4.78 is 0. The molecule has 1 atom stereocenters. The van der Waals surface area contributed by atoms with Crippen LogP contribution in [0.3, 0.4) is 0 Å². The molecular formula is C23H36N4O3. The molecule has 2 heterocycles. The van der Waals surface area contributed by atoms with E-state index in [0.717, 1.165) is 51.0 Å². The van der Waals surface area contributed by atoms with Gasteiger partial charge < -0.3 is 20.2 Å². The second-order valence-corrected chi connectivity index (χ2v) is 8.82. The molecule has 7 nitrogen and oxygen atoms in total. The second-order valence-electron chi connectivity index (χ2n) is 8.82. The fourth-order valence-electron chi connectivity index (χ4n) is 4.72. The van der Waals surface area contributed by atoms with E-state index in [1.54, 1.807) is 0 Å². The summed E-state index contributed by atoms with van der Waals surface area (Å²) in [6.45, 7) is 4.50. The Labute approximate surface area is 179 Å². The van der Waals surface area contributed by atoms with Gasteiger partial charge in [-0.05, 0) is 50.2 Å². The molecule has 1 aromatic rings. The summed E-state index contributed by atoms with van der Waals surface area (Å²) in [4.78, 5) is 33.3. The maximum atomic E-state index is 13.0. The third-order valence-corrected chi connectivity index (χ3v) is 6.27. The van der Waals surface area contributed by atoms with Crippen molar-refractivity contribution in [1.29, 1.82) is 0 Å². The normalized spacial score (nSPS) is 20.1. The van der Waals surface area contributed by atoms with Gasteiger partial charge in [-0.2, -0.15) is 0 Å². The number of carboxylic acid groups (broad SMARTS) is 1. The highest BCUT2D eigenvalue weighted by Crippen LogP contribution is 2.28. The predicted octanol–water partition coefficient (Wildman–Crippen LogP) is 3.68. The SMILES string of the molecule is CCCN(C)c1nc(N2CCCC(CC(=O)O)C2)ccc1C(=O)NC1CCCCC1. The minimum absolute atomic E-state index is 0.0405. The van der Waals surface area contributed by atoms with Gasteiger partial charge in [-0.25, -0.2) is 4.98 Å². The smallest absolute Gasteiger partial charge is 0.303 e. The molecule has 0 bridgehead atoms. The van der Waals surface area contributed by atoms with Crippen molar-refractivity contribution in [3.05, 3.63) is 17.7 Å². The lowest BCUT2D eigenvalue weighted by atomic mass is 9.95. The molecule has 1 aliphatic heterocycles. The topological polar surface area (TPSA) is 85.8 Å². The number of amides is 1. The zero-order valence-corrected chi connectivity index (χ0v) is 18.4. The van der Waals surface area contributed by atoms with Gasteiger partial charge in [-0.3, -0.25) is 9.59 Å². The number of carbonyl (C=O) groups is 2. The minimum atomic E-state index is -0.743. The number of carbonyl (C=O) groups excluding carboxylic acids is 1. The Morgan fingerprint density at radius 3 is 2.67 bits per heavy atom. The van der Waals surface area contributed by atoms with Crippen LogP contribution in [0, 0.1) is 5.92 Å². The zero-order valence-electron chi connectivity index (χ0n) is 18.4. The summed E-state index contributed by atoms with van der Waals surface area (Å²) in [6, 6.07) is 4.07. The van der Waals surface area contributed by atoms with E-state index >= 15 is 0 Å². The number of nitrogens with zero attached hydrogens (tertiary/aromatic N) is 3. The fraction of sp³-hybridized carbons (Fsp3) is 0.696. The van der Waals surface area contributed by atoms with Crippen LogP contribution in [-0.4, -0.2) is 54.7 Å². The first-order valence-electron chi connectivity index (χ1n) is 11.5. The van der Waals surface area contributed by atoms with Gasteiger partial charge in [-0.15, -0.1) is 0 Å². The van der Waals surface area contributed by atoms with E-state index in [4.69, 9.17) is 10.1 Å². The molecule has 7 heteroatoms. The van der Waals surface area contributed by atoms with Gasteiger partial charge >= 0.3 is 5.97 Å². The number of aliphatic carboxylic acids is 1. The van der Waals surface area contributed by atoms with E-state index in [0.29, 0.717) is 17.9 Å². The first-order valence-corrected chi connectivity index (χ1v) is 11.5. The average molecular weight is 417 g/mol. The van der Waals surface area contributed by atoms with Gasteiger partial charge in [0.05, 0.1) is 5.56 Å². The monoisotopic (exact) mass is 416 g/mol. The Bertz CT molecular complexity index is 733. The van der Waals surface area contributed by atoms with Crippen molar-refractivity contribution in [3.8, 4) is 0 Å². The lowest BCUT2D eigenvalue weighted by molar-refractivity contribution is -0.138. The highest BCUT2D eigenvalue weighted by Gasteiger charge is 2.25. The van der Waals surface area contributed by atoms with Gasteiger partial charge in [-0.1, -0.05) is 26.2 Å². The standard InChI is InChI=1S/C23H36N4O3/c1-3-13-26(2)22-19(23(30)24-18-9-5-4-6-10-18)11-12-20(25-22)27-14-7-8-17(16-27)15-21(28)29/h11-12,17-18H,3-10,13-16H2,1-2H3,(H,24,30)(H,28,29). The molecule has 0 radical (unpaired) electrons. The minimum Gasteiger partial charge on any atom is -0.481 e. The van der Waals surface area contributed by atoms with Crippen molar-refractivity contribution >= 4 is 23.5 Å². The van der Waals surface area contributed by atoms with E-state index in [-0.39, 0.29) is 24.3 Å². The van der Waals surface area contributed by atoms with Gasteiger partial charge in [0.15, 0.2) is 0 Å². The van der Waals surface area contributed by atoms with Crippen molar-refractivity contribution in [2.45, 2.75) is 70.8 Å². The van der Waals surface area contributed by atoms with Crippen LogP contribution >= 0.6 is 0 Å². The maximum Gasteiger partial charge on any atom is 0.303 e. The lowest BCUT2D eigenvalue weighted by Crippen LogP contribution is -2.38. The third-order valence-electron chi connectivity index (χ3n) is 6.27. The van der Waals surface area contributed by atoms with Crippen molar-refractivity contribution < 1.29 is 14.7 Å². The Morgan fingerprint density at radius 2 is 1.97 bits per heavy atom. The number of hydrogen-bond acceptors (Lipinski definition) is 5. The molecule has 1 aromatic heterocycles. The number of pyridine rings is 1. The zero-order chi connectivity index (χ0) is 21.5. The Hall–Kier alpha value is -2.31. The number of piperidine rings is 1. The highest BCUT2D eigenvalue weighted by atomic mass is 16.4. The largest absolute Gasteiger partial charge is 0.481 e. The van der Waals surface area contributed by atoms with Crippen LogP contribution < -0.4 is 15.1 Å². The van der Waals surface area contributed by atoms with E-state index in [1.807, 2.05) is 19.2 Å². The van der Waals surface area contributed by atoms with Gasteiger partial charge in [0.25, 0.3) is 5.91 Å². The van der Waals surface area contributed by atoms with Crippen molar-refractivity contribution in [2.24, 2.45) is 5.92 Å². The molecule has 2 N–H and O–H groups in total. The van der Waals surface area contributed by atoms with Gasteiger partial charge in [0.2, 0.25) is 0 Å². The first-order chi connectivity index (χ1) is 14.5. The predicted molar refractivity (Wildman–Crippen MR) is 119 cm³/mol. The number of nitrogens with one attached hydrogen (secondary N) is 1. The van der Waals surface area contributed by atoms with E-state index in [9.17, 15) is 9.59 Å². The van der Waals surface area contributed by atoms with Crippen LogP contribution in [0.25, 0.3) is 0 Å². The van der Waals surface area contributed by atoms with E-state index < -0.39 is 5.97 Å². The van der Waals surface area contributed by atoms with Crippen LogP contribution in [0.4, 0.5) is 11.6 Å². The summed E-state index contributed by atoms with van der Waals surface area (Å²) in [6.07, 6.45) is 8.78. The molecule has 1 amide bonds. The highest BCUT2D eigenvalue weighted by molar-refractivity contribution is 5.99. The van der Waals surface area contributed by atoms with E-state index in [2.05, 4.69) is 22.0 Å².